The Labute approximate surface area is 72.2 Å². The largest absolute Gasteiger partial charge is 0.447 e. The van der Waals surface area contributed by atoms with E-state index in [-0.39, 0.29) is 12.2 Å². The van der Waals surface area contributed by atoms with Gasteiger partial charge in [-0.25, -0.2) is 4.79 Å². The van der Waals surface area contributed by atoms with E-state index in [1.807, 2.05) is 0 Å². The number of epoxide rings is 1. The van der Waals surface area contributed by atoms with Crippen molar-refractivity contribution in [3.63, 3.8) is 0 Å². The number of carbonyl (C=O) groups is 1. The Morgan fingerprint density at radius 2 is 2.50 bits per heavy atom. The Kier molecular flexibility index (Phi) is 3.87. The molecule has 1 aliphatic rings. The Morgan fingerprint density at radius 1 is 1.75 bits per heavy atom. The summed E-state index contributed by atoms with van der Waals surface area (Å²) < 4.78 is 9.72. The monoisotopic (exact) mass is 173 g/mol. The molecule has 0 bridgehead atoms. The number of rotatable bonds is 5. The quantitative estimate of drug-likeness (QED) is 0.496. The summed E-state index contributed by atoms with van der Waals surface area (Å²) in [5, 5.41) is 2.65. The molecule has 0 spiro atoms. The number of unbranched alkanes of at least 4 members (excludes halogenated alkanes) is 1. The van der Waals surface area contributed by atoms with Gasteiger partial charge in [0.05, 0.1) is 6.61 Å². The normalized spacial score (nSPS) is 20.2. The van der Waals surface area contributed by atoms with Crippen molar-refractivity contribution < 1.29 is 14.3 Å². The summed E-state index contributed by atoms with van der Waals surface area (Å²) in [5.41, 5.74) is 0. The third-order valence-electron chi connectivity index (χ3n) is 1.60. The fourth-order valence-electron chi connectivity index (χ4n) is 0.751. The van der Waals surface area contributed by atoms with Crippen LogP contribution in [0.3, 0.4) is 0 Å². The zero-order valence-corrected chi connectivity index (χ0v) is 7.34. The highest BCUT2D eigenvalue weighted by molar-refractivity contribution is 5.67. The first kappa shape index (κ1) is 9.32. The number of alkyl carbamates (subject to hydrolysis) is 1. The molecule has 1 heterocycles. The van der Waals surface area contributed by atoms with Crippen LogP contribution in [0, 0.1) is 0 Å². The fraction of sp³-hybridized carbons (Fsp3) is 0.875. The van der Waals surface area contributed by atoms with Gasteiger partial charge in [-0.05, 0) is 6.42 Å². The molecule has 0 aromatic rings. The Morgan fingerprint density at radius 3 is 3.08 bits per heavy atom. The van der Waals surface area contributed by atoms with Crippen molar-refractivity contribution in [1.82, 2.24) is 5.32 Å². The van der Waals surface area contributed by atoms with E-state index in [0.29, 0.717) is 13.2 Å². The zero-order valence-electron chi connectivity index (χ0n) is 7.34. The second kappa shape index (κ2) is 4.98. The molecule has 12 heavy (non-hydrogen) atoms. The summed E-state index contributed by atoms with van der Waals surface area (Å²) in [6.07, 6.45) is 1.89. The smallest absolute Gasteiger partial charge is 0.407 e. The van der Waals surface area contributed by atoms with Crippen LogP contribution >= 0.6 is 0 Å². The molecule has 1 N–H and O–H groups in total. The van der Waals surface area contributed by atoms with Gasteiger partial charge >= 0.3 is 6.09 Å². The highest BCUT2D eigenvalue weighted by Crippen LogP contribution is 2.08. The molecule has 0 saturated carbocycles. The lowest BCUT2D eigenvalue weighted by molar-refractivity contribution is 0.136. The second-order valence-corrected chi connectivity index (χ2v) is 2.83. The first-order chi connectivity index (χ1) is 5.83. The SMILES string of the molecule is CCCCNC(=O)OCC1CO1. The lowest BCUT2D eigenvalue weighted by Gasteiger charge is -2.03. The van der Waals surface area contributed by atoms with E-state index in [1.165, 1.54) is 0 Å². The van der Waals surface area contributed by atoms with E-state index in [4.69, 9.17) is 9.47 Å². The van der Waals surface area contributed by atoms with Crippen molar-refractivity contribution in [1.29, 1.82) is 0 Å². The highest BCUT2D eigenvalue weighted by atomic mass is 16.6. The van der Waals surface area contributed by atoms with Gasteiger partial charge in [0.25, 0.3) is 0 Å². The molecular weight excluding hydrogens is 158 g/mol. The van der Waals surface area contributed by atoms with Crippen LogP contribution in [0.4, 0.5) is 4.79 Å². The molecule has 1 unspecified atom stereocenters. The first-order valence-electron chi connectivity index (χ1n) is 4.35. The summed E-state index contributed by atoms with van der Waals surface area (Å²) in [6.45, 7) is 3.88. The van der Waals surface area contributed by atoms with E-state index in [1.54, 1.807) is 0 Å². The molecule has 0 aromatic carbocycles. The van der Waals surface area contributed by atoms with Crippen LogP contribution in [-0.4, -0.2) is 32.0 Å². The van der Waals surface area contributed by atoms with Crippen LogP contribution in [0.5, 0.6) is 0 Å². The van der Waals surface area contributed by atoms with Crippen LogP contribution < -0.4 is 5.32 Å². The maximum atomic E-state index is 10.9. The van der Waals surface area contributed by atoms with Crippen LogP contribution in [-0.2, 0) is 9.47 Å². The predicted octanol–water partition coefficient (Wildman–Crippen LogP) is 0.911. The van der Waals surface area contributed by atoms with Crippen LogP contribution in [0.1, 0.15) is 19.8 Å². The van der Waals surface area contributed by atoms with E-state index >= 15 is 0 Å². The number of nitrogens with one attached hydrogen (secondary N) is 1. The zero-order chi connectivity index (χ0) is 8.81. The molecule has 0 aromatic heterocycles. The van der Waals surface area contributed by atoms with E-state index < -0.39 is 0 Å². The van der Waals surface area contributed by atoms with Gasteiger partial charge in [0, 0.05) is 6.54 Å². The molecule has 0 radical (unpaired) electrons. The predicted molar refractivity (Wildman–Crippen MR) is 44.0 cm³/mol. The van der Waals surface area contributed by atoms with Crippen molar-refractivity contribution in [2.75, 3.05) is 19.8 Å². The Bertz CT molecular complexity index is 145. The van der Waals surface area contributed by atoms with Crippen molar-refractivity contribution >= 4 is 6.09 Å². The van der Waals surface area contributed by atoms with Gasteiger partial charge in [-0.1, -0.05) is 13.3 Å². The first-order valence-corrected chi connectivity index (χ1v) is 4.35. The molecule has 1 fully saturated rings. The lowest BCUT2D eigenvalue weighted by Crippen LogP contribution is -2.26. The van der Waals surface area contributed by atoms with Crippen molar-refractivity contribution in [2.45, 2.75) is 25.9 Å². The number of ether oxygens (including phenoxy) is 2. The molecule has 0 aliphatic carbocycles. The maximum Gasteiger partial charge on any atom is 0.407 e. The van der Waals surface area contributed by atoms with Gasteiger partial charge < -0.3 is 14.8 Å². The average Bonchev–Trinajstić information content (AvgIpc) is 2.84. The minimum absolute atomic E-state index is 0.155. The molecule has 4 nitrogen and oxygen atoms in total. The summed E-state index contributed by atoms with van der Waals surface area (Å²) >= 11 is 0. The van der Waals surface area contributed by atoms with Gasteiger partial charge in [-0.3, -0.25) is 0 Å². The second-order valence-electron chi connectivity index (χ2n) is 2.83. The molecule has 1 amide bonds. The number of carbonyl (C=O) groups excluding carboxylic acids is 1. The standard InChI is InChI=1S/C8H15NO3/c1-2-3-4-9-8(10)12-6-7-5-11-7/h7H,2-6H2,1H3,(H,9,10). The molecule has 1 aliphatic heterocycles. The van der Waals surface area contributed by atoms with E-state index in [0.717, 1.165) is 19.4 Å². The fourth-order valence-corrected chi connectivity index (χ4v) is 0.751. The maximum absolute atomic E-state index is 10.9. The third-order valence-corrected chi connectivity index (χ3v) is 1.60. The van der Waals surface area contributed by atoms with Gasteiger partial charge in [0.15, 0.2) is 0 Å². The van der Waals surface area contributed by atoms with Gasteiger partial charge in [-0.15, -0.1) is 0 Å². The lowest BCUT2D eigenvalue weighted by atomic mass is 10.3. The molecule has 1 atom stereocenters. The van der Waals surface area contributed by atoms with Crippen molar-refractivity contribution in [3.8, 4) is 0 Å². The van der Waals surface area contributed by atoms with Crippen molar-refractivity contribution in [2.24, 2.45) is 0 Å². The number of hydrogen-bond donors (Lipinski definition) is 1. The summed E-state index contributed by atoms with van der Waals surface area (Å²) in [4.78, 5) is 10.9. The summed E-state index contributed by atoms with van der Waals surface area (Å²) in [6, 6.07) is 0. The number of amides is 1. The van der Waals surface area contributed by atoms with Crippen LogP contribution in [0.15, 0.2) is 0 Å². The van der Waals surface area contributed by atoms with Gasteiger partial charge in [0.2, 0.25) is 0 Å². The van der Waals surface area contributed by atoms with Crippen LogP contribution in [0.25, 0.3) is 0 Å². The average molecular weight is 173 g/mol. The minimum Gasteiger partial charge on any atom is -0.447 e. The van der Waals surface area contributed by atoms with E-state index in [9.17, 15) is 4.79 Å². The molecule has 1 rings (SSSR count). The van der Waals surface area contributed by atoms with Crippen LogP contribution in [0.2, 0.25) is 0 Å². The molecule has 1 saturated heterocycles. The number of hydrogen-bond acceptors (Lipinski definition) is 3. The Balaban J connectivity index is 1.88. The minimum atomic E-state index is -0.334. The van der Waals surface area contributed by atoms with Gasteiger partial charge in [-0.2, -0.15) is 0 Å². The molecule has 4 heteroatoms. The van der Waals surface area contributed by atoms with E-state index in [2.05, 4.69) is 12.2 Å². The summed E-state index contributed by atoms with van der Waals surface area (Å²) in [5.74, 6) is 0. The molecule has 70 valence electrons. The third kappa shape index (κ3) is 4.18. The molecular formula is C8H15NO3. The van der Waals surface area contributed by atoms with Gasteiger partial charge in [0.1, 0.15) is 12.7 Å². The Hall–Kier alpha value is -0.770. The van der Waals surface area contributed by atoms with Crippen molar-refractivity contribution in [3.05, 3.63) is 0 Å². The topological polar surface area (TPSA) is 50.9 Å². The highest BCUT2D eigenvalue weighted by Gasteiger charge is 2.23. The summed E-state index contributed by atoms with van der Waals surface area (Å²) in [7, 11) is 0.